The number of hydrogen-bond donors (Lipinski definition) is 0. The Hall–Kier alpha value is -1.81. The molecule has 3 rings (SSSR count). The molecule has 0 aliphatic carbocycles. The fourth-order valence-electron chi connectivity index (χ4n) is 2.73. The third kappa shape index (κ3) is 3.80. The fourth-order valence-corrected chi connectivity index (χ4v) is 5.19. The van der Waals surface area contributed by atoms with E-state index in [1.54, 1.807) is 23.7 Å². The highest BCUT2D eigenvalue weighted by Crippen LogP contribution is 2.23. The molecule has 0 N–H and O–H groups in total. The molecule has 1 aliphatic rings. The number of thiazole rings is 1. The van der Waals surface area contributed by atoms with Gasteiger partial charge in [0.1, 0.15) is 0 Å². The molecule has 7 nitrogen and oxygen atoms in total. The molecule has 1 aliphatic heterocycles. The van der Waals surface area contributed by atoms with Gasteiger partial charge < -0.3 is 9.30 Å². The lowest BCUT2D eigenvalue weighted by Gasteiger charge is -2.27. The van der Waals surface area contributed by atoms with Gasteiger partial charge in [-0.2, -0.15) is 9.30 Å². The van der Waals surface area contributed by atoms with E-state index in [0.717, 1.165) is 0 Å². The van der Waals surface area contributed by atoms with Crippen molar-refractivity contribution < 1.29 is 17.9 Å². The van der Waals surface area contributed by atoms with Crippen molar-refractivity contribution in [1.82, 2.24) is 8.87 Å². The molecule has 1 fully saturated rings. The third-order valence-corrected chi connectivity index (χ3v) is 7.07. The number of aromatic nitrogens is 1. The largest absolute Gasteiger partial charge is 0.379 e. The normalized spacial score (nSPS) is 16.8. The Bertz CT molecular complexity index is 970. The minimum absolute atomic E-state index is 0.179. The third-order valence-electron chi connectivity index (χ3n) is 4.24. The predicted octanol–water partition coefficient (Wildman–Crippen LogP) is 1.41. The summed E-state index contributed by atoms with van der Waals surface area (Å²) in [6.07, 6.45) is 2.37. The van der Waals surface area contributed by atoms with E-state index in [9.17, 15) is 13.2 Å². The number of carbonyl (C=O) groups excluding carboxylic acids is 1. The van der Waals surface area contributed by atoms with Crippen molar-refractivity contribution in [3.8, 4) is 0 Å². The number of amides is 1. The second-order valence-corrected chi connectivity index (χ2v) is 8.69. The first kappa shape index (κ1) is 19.0. The standard InChI is InChI=1S/C17H21N3O4S2/c1-3-13-4-5-14(16(21)18-17-19(2)8-11-25-17)12-15(13)26(22,23)20-6-9-24-10-7-20/h4-5,8,11-12H,3,6-7,9-10H2,1-2H3. The number of ether oxygens (including phenoxy) is 1. The van der Waals surface area contributed by atoms with Gasteiger partial charge in [0.15, 0.2) is 4.80 Å². The van der Waals surface area contributed by atoms with Crippen molar-refractivity contribution in [1.29, 1.82) is 0 Å². The number of sulfonamides is 1. The van der Waals surface area contributed by atoms with Crippen LogP contribution in [0.1, 0.15) is 22.8 Å². The maximum absolute atomic E-state index is 13.0. The summed E-state index contributed by atoms with van der Waals surface area (Å²) in [6.45, 7) is 3.29. The summed E-state index contributed by atoms with van der Waals surface area (Å²) >= 11 is 1.35. The molecule has 0 radical (unpaired) electrons. The van der Waals surface area contributed by atoms with Gasteiger partial charge in [0.05, 0.1) is 18.1 Å². The van der Waals surface area contributed by atoms with Crippen LogP contribution in [0.4, 0.5) is 0 Å². The van der Waals surface area contributed by atoms with Gasteiger partial charge in [-0.25, -0.2) is 8.42 Å². The van der Waals surface area contributed by atoms with Crippen LogP contribution in [0.3, 0.4) is 0 Å². The molecule has 1 amide bonds. The minimum atomic E-state index is -3.67. The molecule has 0 bridgehead atoms. The van der Waals surface area contributed by atoms with E-state index in [1.165, 1.54) is 21.7 Å². The molecule has 1 aromatic carbocycles. The van der Waals surface area contributed by atoms with Crippen LogP contribution in [0.2, 0.25) is 0 Å². The lowest BCUT2D eigenvalue weighted by Crippen LogP contribution is -2.41. The molecule has 0 unspecified atom stereocenters. The first-order valence-corrected chi connectivity index (χ1v) is 10.7. The van der Waals surface area contributed by atoms with E-state index < -0.39 is 15.9 Å². The van der Waals surface area contributed by atoms with Crippen LogP contribution >= 0.6 is 11.3 Å². The molecule has 0 saturated carbocycles. The summed E-state index contributed by atoms with van der Waals surface area (Å²) in [6, 6.07) is 4.78. The zero-order valence-corrected chi connectivity index (χ0v) is 16.3. The van der Waals surface area contributed by atoms with Crippen molar-refractivity contribution >= 4 is 27.3 Å². The Balaban J connectivity index is 2.02. The van der Waals surface area contributed by atoms with Gasteiger partial charge >= 0.3 is 0 Å². The fraction of sp³-hybridized carbons (Fsp3) is 0.412. The van der Waals surface area contributed by atoms with E-state index in [4.69, 9.17) is 4.74 Å². The highest BCUT2D eigenvalue weighted by atomic mass is 32.2. The summed E-state index contributed by atoms with van der Waals surface area (Å²) < 4.78 is 34.5. The average molecular weight is 396 g/mol. The Labute approximate surface area is 156 Å². The highest BCUT2D eigenvalue weighted by Gasteiger charge is 2.29. The van der Waals surface area contributed by atoms with Crippen LogP contribution in [0.25, 0.3) is 0 Å². The average Bonchev–Trinajstić information content (AvgIpc) is 3.06. The smallest absolute Gasteiger partial charge is 0.279 e. The summed E-state index contributed by atoms with van der Waals surface area (Å²) in [5, 5.41) is 1.83. The molecule has 9 heteroatoms. The van der Waals surface area contributed by atoms with Crippen LogP contribution < -0.4 is 4.80 Å². The van der Waals surface area contributed by atoms with E-state index in [2.05, 4.69) is 4.99 Å². The van der Waals surface area contributed by atoms with E-state index in [0.29, 0.717) is 43.1 Å². The minimum Gasteiger partial charge on any atom is -0.379 e. The molecule has 1 aromatic heterocycles. The lowest BCUT2D eigenvalue weighted by atomic mass is 10.1. The van der Waals surface area contributed by atoms with Gasteiger partial charge in [-0.05, 0) is 24.1 Å². The van der Waals surface area contributed by atoms with Gasteiger partial charge in [0, 0.05) is 37.3 Å². The van der Waals surface area contributed by atoms with Crippen LogP contribution in [-0.4, -0.2) is 49.5 Å². The summed E-state index contributed by atoms with van der Waals surface area (Å²) in [7, 11) is -1.87. The molecule has 1 saturated heterocycles. The van der Waals surface area contributed by atoms with E-state index in [1.807, 2.05) is 18.5 Å². The van der Waals surface area contributed by atoms with E-state index in [-0.39, 0.29) is 10.5 Å². The molecule has 2 heterocycles. The summed E-state index contributed by atoms with van der Waals surface area (Å²) in [5.74, 6) is -0.455. The SMILES string of the molecule is CCc1ccc(C(=O)N=c2sccn2C)cc1S(=O)(=O)N1CCOCC1. The highest BCUT2D eigenvalue weighted by molar-refractivity contribution is 7.89. The lowest BCUT2D eigenvalue weighted by molar-refractivity contribution is 0.0730. The van der Waals surface area contributed by atoms with Crippen LogP contribution in [-0.2, 0) is 28.2 Å². The number of benzene rings is 1. The van der Waals surface area contributed by atoms with Crippen molar-refractivity contribution in [2.75, 3.05) is 26.3 Å². The van der Waals surface area contributed by atoms with Crippen LogP contribution in [0.5, 0.6) is 0 Å². The predicted molar refractivity (Wildman–Crippen MR) is 98.6 cm³/mol. The second kappa shape index (κ2) is 7.83. The molecular formula is C17H21N3O4S2. The second-order valence-electron chi connectivity index (χ2n) is 5.91. The summed E-state index contributed by atoms with van der Waals surface area (Å²) in [5.41, 5.74) is 0.956. The van der Waals surface area contributed by atoms with Gasteiger partial charge in [-0.15, -0.1) is 11.3 Å². The monoisotopic (exact) mass is 395 g/mol. The molecule has 26 heavy (non-hydrogen) atoms. The quantitative estimate of drug-likeness (QED) is 0.784. The van der Waals surface area contributed by atoms with Gasteiger partial charge in [0.25, 0.3) is 5.91 Å². The first-order chi connectivity index (χ1) is 12.4. The number of hydrogen-bond acceptors (Lipinski definition) is 5. The Morgan fingerprint density at radius 2 is 2.04 bits per heavy atom. The van der Waals surface area contributed by atoms with Crippen molar-refractivity contribution in [2.24, 2.45) is 12.0 Å². The molecular weight excluding hydrogens is 374 g/mol. The first-order valence-electron chi connectivity index (χ1n) is 8.33. The van der Waals surface area contributed by atoms with Crippen molar-refractivity contribution in [3.63, 3.8) is 0 Å². The van der Waals surface area contributed by atoms with Gasteiger partial charge in [-0.3, -0.25) is 4.79 Å². The maximum atomic E-state index is 13.0. The number of aryl methyl sites for hydroxylation is 2. The van der Waals surface area contributed by atoms with Crippen molar-refractivity contribution in [2.45, 2.75) is 18.2 Å². The van der Waals surface area contributed by atoms with Gasteiger partial charge in [-0.1, -0.05) is 13.0 Å². The topological polar surface area (TPSA) is 81.0 Å². The van der Waals surface area contributed by atoms with E-state index >= 15 is 0 Å². The Kier molecular flexibility index (Phi) is 5.71. The van der Waals surface area contributed by atoms with Gasteiger partial charge in [0.2, 0.25) is 10.0 Å². The number of morpholine rings is 1. The Morgan fingerprint density at radius 1 is 1.31 bits per heavy atom. The molecule has 0 spiro atoms. The van der Waals surface area contributed by atoms with Crippen molar-refractivity contribution in [3.05, 3.63) is 45.7 Å². The zero-order chi connectivity index (χ0) is 18.7. The molecule has 0 atom stereocenters. The van der Waals surface area contributed by atoms with Crippen LogP contribution in [0.15, 0.2) is 39.7 Å². The Morgan fingerprint density at radius 3 is 2.65 bits per heavy atom. The molecule has 2 aromatic rings. The number of carbonyl (C=O) groups is 1. The van der Waals surface area contributed by atoms with Crippen LogP contribution in [0, 0.1) is 0 Å². The maximum Gasteiger partial charge on any atom is 0.279 e. The molecule has 140 valence electrons. The summed E-state index contributed by atoms with van der Waals surface area (Å²) in [4.78, 5) is 17.4. The zero-order valence-electron chi connectivity index (χ0n) is 14.7. The number of nitrogens with zero attached hydrogens (tertiary/aromatic N) is 3. The number of rotatable bonds is 4.